The van der Waals surface area contributed by atoms with E-state index in [9.17, 15) is 9.59 Å². The number of amides is 2. The Balaban J connectivity index is 1.96. The first-order valence-corrected chi connectivity index (χ1v) is 5.95. The Kier molecular flexibility index (Phi) is 2.18. The SMILES string of the molecule is O=C1NN(c2ccccc2)C(=O)C12CCCC2. The maximum atomic E-state index is 12.4. The highest BCUT2D eigenvalue weighted by Gasteiger charge is 2.55. The van der Waals surface area contributed by atoms with Gasteiger partial charge in [-0.05, 0) is 25.0 Å². The largest absolute Gasteiger partial charge is 0.272 e. The first kappa shape index (κ1) is 10.3. The van der Waals surface area contributed by atoms with Gasteiger partial charge in [0.25, 0.3) is 11.8 Å². The van der Waals surface area contributed by atoms with Crippen LogP contribution in [0.5, 0.6) is 0 Å². The van der Waals surface area contributed by atoms with Crippen molar-refractivity contribution in [1.82, 2.24) is 5.43 Å². The smallest absolute Gasteiger partial charge is 0.261 e. The molecule has 1 aromatic rings. The van der Waals surface area contributed by atoms with Crippen molar-refractivity contribution in [2.75, 3.05) is 5.01 Å². The van der Waals surface area contributed by atoms with Crippen LogP contribution in [0.15, 0.2) is 30.3 Å². The number of hydrogen-bond acceptors (Lipinski definition) is 2. The molecular formula is C13H14N2O2. The van der Waals surface area contributed by atoms with Crippen LogP contribution < -0.4 is 10.4 Å². The molecule has 3 rings (SSSR count). The van der Waals surface area contributed by atoms with E-state index in [-0.39, 0.29) is 11.8 Å². The van der Waals surface area contributed by atoms with Gasteiger partial charge in [0.2, 0.25) is 0 Å². The summed E-state index contributed by atoms with van der Waals surface area (Å²) in [6, 6.07) is 9.25. The van der Waals surface area contributed by atoms with Gasteiger partial charge in [-0.1, -0.05) is 31.0 Å². The van der Waals surface area contributed by atoms with E-state index >= 15 is 0 Å². The van der Waals surface area contributed by atoms with Crippen molar-refractivity contribution in [2.45, 2.75) is 25.7 Å². The zero-order valence-corrected chi connectivity index (χ0v) is 9.48. The maximum Gasteiger partial charge on any atom is 0.261 e. The fraction of sp³-hybridized carbons (Fsp3) is 0.385. The lowest BCUT2D eigenvalue weighted by Crippen LogP contribution is -2.36. The van der Waals surface area contributed by atoms with Crippen molar-refractivity contribution < 1.29 is 9.59 Å². The predicted molar refractivity (Wildman–Crippen MR) is 63.0 cm³/mol. The summed E-state index contributed by atoms with van der Waals surface area (Å²) in [6.07, 6.45) is 3.28. The van der Waals surface area contributed by atoms with Crippen LogP contribution in [-0.4, -0.2) is 11.8 Å². The fourth-order valence-electron chi connectivity index (χ4n) is 2.75. The summed E-state index contributed by atoms with van der Waals surface area (Å²) in [5.41, 5.74) is 2.65. The Morgan fingerprint density at radius 1 is 1.06 bits per heavy atom. The van der Waals surface area contributed by atoms with E-state index in [0.717, 1.165) is 18.5 Å². The Labute approximate surface area is 99.6 Å². The third-order valence-corrected chi connectivity index (χ3v) is 3.73. The second-order valence-electron chi connectivity index (χ2n) is 4.71. The molecule has 17 heavy (non-hydrogen) atoms. The summed E-state index contributed by atoms with van der Waals surface area (Å²) in [7, 11) is 0. The summed E-state index contributed by atoms with van der Waals surface area (Å²) in [5.74, 6) is -0.227. The lowest BCUT2D eigenvalue weighted by atomic mass is 9.85. The van der Waals surface area contributed by atoms with Crippen molar-refractivity contribution in [3.63, 3.8) is 0 Å². The first-order chi connectivity index (χ1) is 8.24. The number of benzene rings is 1. The highest BCUT2D eigenvalue weighted by atomic mass is 16.2. The van der Waals surface area contributed by atoms with E-state index in [0.29, 0.717) is 12.8 Å². The van der Waals surface area contributed by atoms with Crippen molar-refractivity contribution in [3.8, 4) is 0 Å². The molecule has 0 bridgehead atoms. The quantitative estimate of drug-likeness (QED) is 0.745. The molecule has 4 heteroatoms. The number of nitrogens with zero attached hydrogens (tertiary/aromatic N) is 1. The standard InChI is InChI=1S/C13H14N2O2/c16-11-13(8-4-5-9-13)12(17)15(14-11)10-6-2-1-3-7-10/h1-3,6-7H,4-5,8-9H2,(H,14,16). The maximum absolute atomic E-state index is 12.4. The summed E-state index contributed by atoms with van der Waals surface area (Å²) in [5, 5.41) is 1.40. The van der Waals surface area contributed by atoms with Gasteiger partial charge in [-0.2, -0.15) is 0 Å². The third-order valence-electron chi connectivity index (χ3n) is 3.73. The van der Waals surface area contributed by atoms with Gasteiger partial charge in [-0.3, -0.25) is 15.0 Å². The number of anilines is 1. The molecule has 1 aliphatic carbocycles. The van der Waals surface area contributed by atoms with Crippen LogP contribution in [0, 0.1) is 5.41 Å². The van der Waals surface area contributed by atoms with Gasteiger partial charge in [0.05, 0.1) is 5.69 Å². The summed E-state index contributed by atoms with van der Waals surface area (Å²) in [6.45, 7) is 0. The van der Waals surface area contributed by atoms with Gasteiger partial charge >= 0.3 is 0 Å². The van der Waals surface area contributed by atoms with Crippen LogP contribution in [0.4, 0.5) is 5.69 Å². The lowest BCUT2D eigenvalue weighted by Gasteiger charge is -2.18. The van der Waals surface area contributed by atoms with E-state index in [1.165, 1.54) is 5.01 Å². The molecule has 2 amide bonds. The Morgan fingerprint density at radius 3 is 2.35 bits per heavy atom. The fourth-order valence-corrected chi connectivity index (χ4v) is 2.75. The van der Waals surface area contributed by atoms with Crippen LogP contribution in [0.1, 0.15) is 25.7 Å². The molecule has 1 saturated carbocycles. The Hall–Kier alpha value is -1.84. The molecule has 2 fully saturated rings. The topological polar surface area (TPSA) is 49.4 Å². The monoisotopic (exact) mass is 230 g/mol. The molecular weight excluding hydrogens is 216 g/mol. The zero-order chi connectivity index (χ0) is 11.9. The van der Waals surface area contributed by atoms with Gasteiger partial charge < -0.3 is 0 Å². The minimum absolute atomic E-state index is 0.0915. The molecule has 1 heterocycles. The Morgan fingerprint density at radius 2 is 1.71 bits per heavy atom. The number of para-hydroxylation sites is 1. The molecule has 2 aliphatic rings. The molecule has 0 aromatic heterocycles. The molecule has 1 spiro atoms. The first-order valence-electron chi connectivity index (χ1n) is 5.95. The molecule has 1 aliphatic heterocycles. The predicted octanol–water partition coefficient (Wildman–Crippen LogP) is 1.62. The molecule has 1 saturated heterocycles. The minimum atomic E-state index is -0.782. The average Bonchev–Trinajstić information content (AvgIpc) is 2.94. The van der Waals surface area contributed by atoms with Crippen molar-refractivity contribution >= 4 is 17.5 Å². The lowest BCUT2D eigenvalue weighted by molar-refractivity contribution is -0.134. The molecule has 1 N–H and O–H groups in total. The van der Waals surface area contributed by atoms with Crippen LogP contribution >= 0.6 is 0 Å². The van der Waals surface area contributed by atoms with E-state index in [1.807, 2.05) is 30.3 Å². The van der Waals surface area contributed by atoms with Crippen LogP contribution in [-0.2, 0) is 9.59 Å². The summed E-state index contributed by atoms with van der Waals surface area (Å²) < 4.78 is 0. The number of carbonyl (C=O) groups is 2. The molecule has 1 aromatic carbocycles. The second-order valence-corrected chi connectivity index (χ2v) is 4.71. The highest BCUT2D eigenvalue weighted by molar-refractivity contribution is 6.18. The molecule has 0 unspecified atom stereocenters. The van der Waals surface area contributed by atoms with Gasteiger partial charge in [-0.25, -0.2) is 5.01 Å². The third kappa shape index (κ3) is 1.37. The van der Waals surface area contributed by atoms with Crippen molar-refractivity contribution in [2.24, 2.45) is 5.41 Å². The van der Waals surface area contributed by atoms with Crippen molar-refractivity contribution in [3.05, 3.63) is 30.3 Å². The number of hydrazine groups is 1. The second kappa shape index (κ2) is 3.58. The normalized spacial score (nSPS) is 22.2. The van der Waals surface area contributed by atoms with Gasteiger partial charge in [0, 0.05) is 0 Å². The van der Waals surface area contributed by atoms with Crippen LogP contribution in [0.25, 0.3) is 0 Å². The number of rotatable bonds is 1. The highest BCUT2D eigenvalue weighted by Crippen LogP contribution is 2.43. The summed E-state index contributed by atoms with van der Waals surface area (Å²) >= 11 is 0. The van der Waals surface area contributed by atoms with Crippen LogP contribution in [0.2, 0.25) is 0 Å². The molecule has 4 nitrogen and oxygen atoms in total. The Bertz CT molecular complexity index is 464. The number of carbonyl (C=O) groups excluding carboxylic acids is 2. The van der Waals surface area contributed by atoms with Gasteiger partial charge in [0.15, 0.2) is 0 Å². The number of hydrogen-bond donors (Lipinski definition) is 1. The zero-order valence-electron chi connectivity index (χ0n) is 9.48. The van der Waals surface area contributed by atoms with Gasteiger partial charge in [-0.15, -0.1) is 0 Å². The molecule has 0 radical (unpaired) electrons. The van der Waals surface area contributed by atoms with E-state index in [2.05, 4.69) is 5.43 Å². The molecule has 0 atom stereocenters. The van der Waals surface area contributed by atoms with Gasteiger partial charge in [0.1, 0.15) is 5.41 Å². The van der Waals surface area contributed by atoms with Crippen LogP contribution in [0.3, 0.4) is 0 Å². The molecule has 88 valence electrons. The minimum Gasteiger partial charge on any atom is -0.272 e. The van der Waals surface area contributed by atoms with Crippen molar-refractivity contribution in [1.29, 1.82) is 0 Å². The average molecular weight is 230 g/mol. The summed E-state index contributed by atoms with van der Waals surface area (Å²) in [4.78, 5) is 24.4. The van der Waals surface area contributed by atoms with E-state index < -0.39 is 5.41 Å². The van der Waals surface area contributed by atoms with E-state index in [1.54, 1.807) is 0 Å². The van der Waals surface area contributed by atoms with E-state index in [4.69, 9.17) is 0 Å². The number of nitrogens with one attached hydrogen (secondary N) is 1.